The van der Waals surface area contributed by atoms with E-state index >= 15 is 0 Å². The number of carbonyl (C=O) groups excluding carboxylic acids is 1. The molecule has 2 heterocycles. The summed E-state index contributed by atoms with van der Waals surface area (Å²) in [6.07, 6.45) is 1.54. The van der Waals surface area contributed by atoms with Crippen molar-refractivity contribution in [2.24, 2.45) is 0 Å². The minimum Gasteiger partial charge on any atom is -0.370 e. The molecule has 2 aromatic heterocycles. The maximum absolute atomic E-state index is 12.8. The summed E-state index contributed by atoms with van der Waals surface area (Å²) in [5, 5.41) is 4.18. The van der Waals surface area contributed by atoms with Crippen molar-refractivity contribution in [2.45, 2.75) is 27.7 Å². The number of thiophene rings is 1. The van der Waals surface area contributed by atoms with E-state index in [9.17, 15) is 4.79 Å². The zero-order chi connectivity index (χ0) is 16.3. The first-order valence-electron chi connectivity index (χ1n) is 7.41. The molecule has 0 saturated carbocycles. The van der Waals surface area contributed by atoms with Gasteiger partial charge in [0, 0.05) is 19.6 Å². The SMILES string of the molecule is C=C(C)CN(CC)C(=O)c1sc2ncnc(NCC)c2c1C. The van der Waals surface area contributed by atoms with Crippen molar-refractivity contribution in [1.29, 1.82) is 0 Å². The topological polar surface area (TPSA) is 58.1 Å². The van der Waals surface area contributed by atoms with Crippen LogP contribution in [0.5, 0.6) is 0 Å². The molecule has 0 fully saturated rings. The number of nitrogens with zero attached hydrogens (tertiary/aromatic N) is 3. The normalized spacial score (nSPS) is 10.7. The maximum atomic E-state index is 12.8. The molecule has 0 aliphatic carbocycles. The molecule has 5 nitrogen and oxygen atoms in total. The fourth-order valence-corrected chi connectivity index (χ4v) is 3.49. The smallest absolute Gasteiger partial charge is 0.264 e. The van der Waals surface area contributed by atoms with E-state index in [4.69, 9.17) is 0 Å². The van der Waals surface area contributed by atoms with Crippen LogP contribution in [0.1, 0.15) is 36.0 Å². The fraction of sp³-hybridized carbons (Fsp3) is 0.438. The Morgan fingerprint density at radius 3 is 2.73 bits per heavy atom. The van der Waals surface area contributed by atoms with Crippen molar-refractivity contribution in [3.8, 4) is 0 Å². The standard InChI is InChI=1S/C16H22N4OS/c1-6-17-14-12-11(5)13(22-15(12)19-9-18-14)16(21)20(7-2)8-10(3)4/h9H,3,6-8H2,1-2,4-5H3,(H,17,18,19). The van der Waals surface area contributed by atoms with Crippen LogP contribution >= 0.6 is 11.3 Å². The second-order valence-corrected chi connectivity index (χ2v) is 6.26. The zero-order valence-electron chi connectivity index (χ0n) is 13.6. The number of hydrogen-bond donors (Lipinski definition) is 1. The van der Waals surface area contributed by atoms with Gasteiger partial charge in [-0.05, 0) is 33.3 Å². The van der Waals surface area contributed by atoms with Crippen LogP contribution in [-0.2, 0) is 0 Å². The summed E-state index contributed by atoms with van der Waals surface area (Å²) in [4.78, 5) is 24.8. The van der Waals surface area contributed by atoms with Gasteiger partial charge in [-0.2, -0.15) is 0 Å². The van der Waals surface area contributed by atoms with Crippen LogP contribution in [0, 0.1) is 6.92 Å². The summed E-state index contributed by atoms with van der Waals surface area (Å²) in [5.41, 5.74) is 1.92. The summed E-state index contributed by atoms with van der Waals surface area (Å²) in [6.45, 7) is 13.8. The summed E-state index contributed by atoms with van der Waals surface area (Å²) < 4.78 is 0. The number of rotatable bonds is 6. The highest BCUT2D eigenvalue weighted by Gasteiger charge is 2.22. The van der Waals surface area contributed by atoms with Crippen molar-refractivity contribution in [2.75, 3.05) is 25.0 Å². The van der Waals surface area contributed by atoms with Gasteiger partial charge in [-0.1, -0.05) is 12.2 Å². The van der Waals surface area contributed by atoms with E-state index < -0.39 is 0 Å². The van der Waals surface area contributed by atoms with Gasteiger partial charge in [0.15, 0.2) is 0 Å². The fourth-order valence-electron chi connectivity index (χ4n) is 2.37. The summed E-state index contributed by atoms with van der Waals surface area (Å²) in [6, 6.07) is 0. The lowest BCUT2D eigenvalue weighted by molar-refractivity contribution is 0.0782. The highest BCUT2D eigenvalue weighted by atomic mass is 32.1. The quantitative estimate of drug-likeness (QED) is 0.829. The first kappa shape index (κ1) is 16.4. The minimum atomic E-state index is 0.0356. The highest BCUT2D eigenvalue weighted by molar-refractivity contribution is 7.20. The average molecular weight is 318 g/mol. The van der Waals surface area contributed by atoms with Crippen LogP contribution in [-0.4, -0.2) is 40.4 Å². The molecule has 6 heteroatoms. The van der Waals surface area contributed by atoms with E-state index in [-0.39, 0.29) is 5.91 Å². The molecular weight excluding hydrogens is 296 g/mol. The Hall–Kier alpha value is -1.95. The van der Waals surface area contributed by atoms with Crippen LogP contribution in [0.4, 0.5) is 5.82 Å². The number of carbonyl (C=O) groups is 1. The maximum Gasteiger partial charge on any atom is 0.264 e. The lowest BCUT2D eigenvalue weighted by Crippen LogP contribution is -2.31. The molecule has 2 aromatic rings. The van der Waals surface area contributed by atoms with Gasteiger partial charge >= 0.3 is 0 Å². The molecule has 0 bridgehead atoms. The number of hydrogen-bond acceptors (Lipinski definition) is 5. The number of anilines is 1. The van der Waals surface area contributed by atoms with Gasteiger partial charge in [0.1, 0.15) is 17.0 Å². The Morgan fingerprint density at radius 1 is 1.41 bits per heavy atom. The molecule has 0 spiro atoms. The third kappa shape index (κ3) is 3.11. The first-order valence-corrected chi connectivity index (χ1v) is 8.22. The minimum absolute atomic E-state index is 0.0356. The number of aryl methyl sites for hydroxylation is 1. The highest BCUT2D eigenvalue weighted by Crippen LogP contribution is 2.33. The molecule has 0 aliphatic heterocycles. The largest absolute Gasteiger partial charge is 0.370 e. The molecule has 0 unspecified atom stereocenters. The van der Waals surface area contributed by atoms with Gasteiger partial charge in [0.2, 0.25) is 0 Å². The monoisotopic (exact) mass is 318 g/mol. The van der Waals surface area contributed by atoms with Gasteiger partial charge in [0.05, 0.1) is 10.3 Å². The molecule has 2 rings (SSSR count). The average Bonchev–Trinajstić information content (AvgIpc) is 2.82. The molecule has 0 aliphatic rings. The predicted molar refractivity (Wildman–Crippen MR) is 92.7 cm³/mol. The Bertz CT molecular complexity index is 707. The van der Waals surface area contributed by atoms with Crippen molar-refractivity contribution >= 4 is 33.3 Å². The zero-order valence-corrected chi connectivity index (χ0v) is 14.4. The van der Waals surface area contributed by atoms with Crippen molar-refractivity contribution in [1.82, 2.24) is 14.9 Å². The summed E-state index contributed by atoms with van der Waals surface area (Å²) in [7, 11) is 0. The Kier molecular flexibility index (Phi) is 5.13. The lowest BCUT2D eigenvalue weighted by Gasteiger charge is -2.20. The van der Waals surface area contributed by atoms with Gasteiger partial charge < -0.3 is 10.2 Å². The van der Waals surface area contributed by atoms with Gasteiger partial charge in [-0.3, -0.25) is 4.79 Å². The second kappa shape index (κ2) is 6.87. The second-order valence-electron chi connectivity index (χ2n) is 5.27. The van der Waals surface area contributed by atoms with E-state index in [1.54, 1.807) is 4.90 Å². The Balaban J connectivity index is 2.47. The molecular formula is C16H22N4OS. The van der Waals surface area contributed by atoms with E-state index in [1.807, 2.05) is 27.7 Å². The van der Waals surface area contributed by atoms with Crippen molar-refractivity contribution < 1.29 is 4.79 Å². The Morgan fingerprint density at radius 2 is 2.14 bits per heavy atom. The molecule has 118 valence electrons. The van der Waals surface area contributed by atoms with Crippen LogP contribution < -0.4 is 5.32 Å². The first-order chi connectivity index (χ1) is 10.5. The Labute approximate surface area is 135 Å². The summed E-state index contributed by atoms with van der Waals surface area (Å²) >= 11 is 1.43. The van der Waals surface area contributed by atoms with Crippen LogP contribution in [0.25, 0.3) is 10.2 Å². The van der Waals surface area contributed by atoms with Gasteiger partial charge in [-0.15, -0.1) is 11.3 Å². The third-order valence-corrected chi connectivity index (χ3v) is 4.58. The molecule has 22 heavy (non-hydrogen) atoms. The van der Waals surface area contributed by atoms with Gasteiger partial charge in [0.25, 0.3) is 5.91 Å². The number of amides is 1. The van der Waals surface area contributed by atoms with Crippen molar-refractivity contribution in [3.63, 3.8) is 0 Å². The summed E-state index contributed by atoms with van der Waals surface area (Å²) in [5.74, 6) is 0.830. The van der Waals surface area contributed by atoms with Crippen LogP contribution in [0.15, 0.2) is 18.5 Å². The molecule has 1 N–H and O–H groups in total. The molecule has 0 atom stereocenters. The van der Waals surface area contributed by atoms with Gasteiger partial charge in [-0.25, -0.2) is 9.97 Å². The number of aromatic nitrogens is 2. The molecule has 0 radical (unpaired) electrons. The number of nitrogens with one attached hydrogen (secondary N) is 1. The number of fused-ring (bicyclic) bond motifs is 1. The van der Waals surface area contributed by atoms with Crippen LogP contribution in [0.3, 0.4) is 0 Å². The molecule has 1 amide bonds. The molecule has 0 saturated heterocycles. The molecule has 0 aromatic carbocycles. The van der Waals surface area contributed by atoms with E-state index in [0.717, 1.165) is 38.6 Å². The van der Waals surface area contributed by atoms with E-state index in [0.29, 0.717) is 13.1 Å². The van der Waals surface area contributed by atoms with Crippen LogP contribution in [0.2, 0.25) is 0 Å². The van der Waals surface area contributed by atoms with E-state index in [1.165, 1.54) is 17.7 Å². The predicted octanol–water partition coefficient (Wildman–Crippen LogP) is 3.47. The third-order valence-electron chi connectivity index (χ3n) is 3.39. The lowest BCUT2D eigenvalue weighted by atomic mass is 10.2. The number of likely N-dealkylation sites (N-methyl/N-ethyl adjacent to an activating group) is 1. The van der Waals surface area contributed by atoms with Crippen molar-refractivity contribution in [3.05, 3.63) is 28.9 Å². The van der Waals surface area contributed by atoms with E-state index in [2.05, 4.69) is 21.9 Å².